The van der Waals surface area contributed by atoms with Gasteiger partial charge in [0.15, 0.2) is 6.10 Å². The zero-order valence-electron chi connectivity index (χ0n) is 17.5. The maximum atomic E-state index is 12.8. The van der Waals surface area contributed by atoms with E-state index in [1.165, 1.54) is 0 Å². The second kappa shape index (κ2) is 10.8. The number of rotatable bonds is 6. The molecular formula is C22H34ClN3O3. The molecule has 3 rings (SSSR count). The van der Waals surface area contributed by atoms with Gasteiger partial charge in [0.05, 0.1) is 0 Å². The summed E-state index contributed by atoms with van der Waals surface area (Å²) in [6, 6.07) is 8.00. The van der Waals surface area contributed by atoms with E-state index in [4.69, 9.17) is 10.5 Å². The van der Waals surface area contributed by atoms with Crippen molar-refractivity contribution in [2.75, 3.05) is 26.2 Å². The van der Waals surface area contributed by atoms with E-state index in [0.717, 1.165) is 37.0 Å². The predicted molar refractivity (Wildman–Crippen MR) is 116 cm³/mol. The number of halogens is 1. The van der Waals surface area contributed by atoms with E-state index in [2.05, 4.69) is 6.92 Å². The van der Waals surface area contributed by atoms with Gasteiger partial charge >= 0.3 is 0 Å². The van der Waals surface area contributed by atoms with Crippen LogP contribution in [0.1, 0.15) is 45.1 Å². The first-order valence-corrected chi connectivity index (χ1v) is 10.6. The molecule has 1 saturated heterocycles. The molecule has 2 N–H and O–H groups in total. The minimum atomic E-state index is -0.536. The molecule has 1 heterocycles. The molecule has 29 heavy (non-hydrogen) atoms. The molecule has 7 heteroatoms. The number of nitrogens with two attached hydrogens (primary N) is 1. The summed E-state index contributed by atoms with van der Waals surface area (Å²) in [6.07, 6.45) is 4.08. The summed E-state index contributed by atoms with van der Waals surface area (Å²) in [7, 11) is 0. The lowest BCUT2D eigenvalue weighted by atomic mass is 9.99. The van der Waals surface area contributed by atoms with Gasteiger partial charge in [0.25, 0.3) is 5.91 Å². The molecule has 0 radical (unpaired) electrons. The van der Waals surface area contributed by atoms with Crippen LogP contribution in [0.4, 0.5) is 0 Å². The average molecular weight is 424 g/mol. The van der Waals surface area contributed by atoms with Gasteiger partial charge in [-0.15, -0.1) is 12.4 Å². The molecule has 0 aromatic heterocycles. The van der Waals surface area contributed by atoms with Crippen molar-refractivity contribution in [3.8, 4) is 5.75 Å². The number of para-hydroxylation sites is 1. The van der Waals surface area contributed by atoms with Crippen LogP contribution < -0.4 is 10.5 Å². The lowest BCUT2D eigenvalue weighted by Gasteiger charge is -2.36. The fourth-order valence-electron chi connectivity index (χ4n) is 4.26. The first kappa shape index (κ1) is 23.5. The highest BCUT2D eigenvalue weighted by molar-refractivity contribution is 5.85. The molecule has 162 valence electrons. The molecule has 0 spiro atoms. The second-order valence-electron chi connectivity index (χ2n) is 7.99. The van der Waals surface area contributed by atoms with Gasteiger partial charge in [0.1, 0.15) is 5.75 Å². The Hall–Kier alpha value is -1.79. The smallest absolute Gasteiger partial charge is 0.263 e. The highest BCUT2D eigenvalue weighted by Gasteiger charge is 2.31. The number of piperazine rings is 1. The van der Waals surface area contributed by atoms with Crippen LogP contribution in [-0.2, 0) is 16.0 Å². The van der Waals surface area contributed by atoms with Crippen LogP contribution >= 0.6 is 12.4 Å². The largest absolute Gasteiger partial charge is 0.481 e. The molecular weight excluding hydrogens is 390 g/mol. The molecule has 2 aliphatic rings. The Morgan fingerprint density at radius 1 is 1.14 bits per heavy atom. The highest BCUT2D eigenvalue weighted by Crippen LogP contribution is 2.27. The fourth-order valence-corrected chi connectivity index (χ4v) is 4.26. The number of amides is 2. The van der Waals surface area contributed by atoms with Crippen molar-refractivity contribution in [2.45, 2.75) is 58.1 Å². The van der Waals surface area contributed by atoms with Crippen molar-refractivity contribution in [3.63, 3.8) is 0 Å². The van der Waals surface area contributed by atoms with Crippen LogP contribution in [0.5, 0.6) is 5.75 Å². The first-order valence-electron chi connectivity index (χ1n) is 10.6. The summed E-state index contributed by atoms with van der Waals surface area (Å²) >= 11 is 0. The Kier molecular flexibility index (Phi) is 8.78. The first-order chi connectivity index (χ1) is 13.5. The van der Waals surface area contributed by atoms with Crippen LogP contribution in [0.3, 0.4) is 0 Å². The van der Waals surface area contributed by atoms with E-state index in [-0.39, 0.29) is 30.3 Å². The summed E-state index contributed by atoms with van der Waals surface area (Å²) in [4.78, 5) is 29.0. The molecule has 1 aromatic rings. The minimum Gasteiger partial charge on any atom is -0.481 e. The maximum absolute atomic E-state index is 12.8. The van der Waals surface area contributed by atoms with Gasteiger partial charge < -0.3 is 20.3 Å². The molecule has 0 bridgehead atoms. The monoisotopic (exact) mass is 423 g/mol. The van der Waals surface area contributed by atoms with Gasteiger partial charge in [0, 0.05) is 38.6 Å². The van der Waals surface area contributed by atoms with Gasteiger partial charge in [-0.1, -0.05) is 31.5 Å². The van der Waals surface area contributed by atoms with Crippen molar-refractivity contribution in [1.29, 1.82) is 0 Å². The third kappa shape index (κ3) is 5.86. The number of aryl methyl sites for hydroxylation is 1. The van der Waals surface area contributed by atoms with Crippen molar-refractivity contribution >= 4 is 24.2 Å². The second-order valence-corrected chi connectivity index (χ2v) is 7.99. The van der Waals surface area contributed by atoms with E-state index in [1.54, 1.807) is 6.92 Å². The number of ether oxygens (including phenoxy) is 1. The zero-order chi connectivity index (χ0) is 20.1. The number of hydrogen-bond acceptors (Lipinski definition) is 4. The average Bonchev–Trinajstić information content (AvgIpc) is 3.12. The quantitative estimate of drug-likeness (QED) is 0.763. The molecule has 1 aliphatic heterocycles. The Morgan fingerprint density at radius 3 is 2.41 bits per heavy atom. The molecule has 1 aliphatic carbocycles. The maximum Gasteiger partial charge on any atom is 0.263 e. The number of benzene rings is 1. The molecule has 2 amide bonds. The standard InChI is InChI=1S/C22H33N3O3.ClH/c1-3-17-7-4-5-10-20(17)28-16(2)22(27)25-13-11-24(12-14-25)21(26)15-18-8-6-9-19(18)23;/h4-5,7,10,16,18-19H,3,6,8-9,11-15,23H2,1-2H3;1H/t16?,18-,19+;/m0./s1. The van der Waals surface area contributed by atoms with Crippen LogP contribution in [0.25, 0.3) is 0 Å². The molecule has 2 fully saturated rings. The SMILES string of the molecule is CCc1ccccc1OC(C)C(=O)N1CCN(C(=O)C[C@@H]2CCC[C@H]2N)CC1.Cl. The Bertz CT molecular complexity index is 692. The van der Waals surface area contributed by atoms with Crippen LogP contribution in [0.2, 0.25) is 0 Å². The van der Waals surface area contributed by atoms with E-state index in [0.29, 0.717) is 38.5 Å². The van der Waals surface area contributed by atoms with E-state index in [9.17, 15) is 9.59 Å². The number of carbonyl (C=O) groups is 2. The number of hydrogen-bond donors (Lipinski definition) is 1. The van der Waals surface area contributed by atoms with Crippen molar-refractivity contribution in [3.05, 3.63) is 29.8 Å². The topological polar surface area (TPSA) is 75.9 Å². The summed E-state index contributed by atoms with van der Waals surface area (Å²) in [6.45, 7) is 6.17. The van der Waals surface area contributed by atoms with E-state index < -0.39 is 6.10 Å². The number of nitrogens with zero attached hydrogens (tertiary/aromatic N) is 2. The van der Waals surface area contributed by atoms with Gasteiger partial charge in [-0.3, -0.25) is 9.59 Å². The number of carbonyl (C=O) groups excluding carboxylic acids is 2. The van der Waals surface area contributed by atoms with Crippen molar-refractivity contribution < 1.29 is 14.3 Å². The third-order valence-electron chi connectivity index (χ3n) is 6.10. The lowest BCUT2D eigenvalue weighted by Crippen LogP contribution is -2.53. The Morgan fingerprint density at radius 2 is 1.79 bits per heavy atom. The Balaban J connectivity index is 0.00000300. The lowest BCUT2D eigenvalue weighted by molar-refractivity contribution is -0.144. The normalized spacial score (nSPS) is 22.7. The van der Waals surface area contributed by atoms with Gasteiger partial charge in [-0.25, -0.2) is 0 Å². The van der Waals surface area contributed by atoms with E-state index >= 15 is 0 Å². The molecule has 6 nitrogen and oxygen atoms in total. The summed E-state index contributed by atoms with van der Waals surface area (Å²) in [5.74, 6) is 1.25. The van der Waals surface area contributed by atoms with Crippen LogP contribution in [-0.4, -0.2) is 59.9 Å². The summed E-state index contributed by atoms with van der Waals surface area (Å²) < 4.78 is 5.94. The molecule has 1 aromatic carbocycles. The van der Waals surface area contributed by atoms with Crippen LogP contribution in [0, 0.1) is 5.92 Å². The van der Waals surface area contributed by atoms with Crippen molar-refractivity contribution in [1.82, 2.24) is 9.80 Å². The predicted octanol–water partition coefficient (Wildman–Crippen LogP) is 2.63. The van der Waals surface area contributed by atoms with Gasteiger partial charge in [-0.2, -0.15) is 0 Å². The molecule has 3 atom stereocenters. The highest BCUT2D eigenvalue weighted by atomic mass is 35.5. The summed E-state index contributed by atoms with van der Waals surface area (Å²) in [5.41, 5.74) is 7.20. The third-order valence-corrected chi connectivity index (χ3v) is 6.10. The van der Waals surface area contributed by atoms with Crippen LogP contribution in [0.15, 0.2) is 24.3 Å². The fraction of sp³-hybridized carbons (Fsp3) is 0.636. The van der Waals surface area contributed by atoms with E-state index in [1.807, 2.05) is 34.1 Å². The molecule has 1 saturated carbocycles. The van der Waals surface area contributed by atoms with Gasteiger partial charge in [0.2, 0.25) is 5.91 Å². The zero-order valence-corrected chi connectivity index (χ0v) is 18.3. The van der Waals surface area contributed by atoms with Gasteiger partial charge in [-0.05, 0) is 43.7 Å². The molecule has 1 unspecified atom stereocenters. The summed E-state index contributed by atoms with van der Waals surface area (Å²) in [5, 5.41) is 0. The Labute approximate surface area is 180 Å². The van der Waals surface area contributed by atoms with Crippen molar-refractivity contribution in [2.24, 2.45) is 11.7 Å². The minimum absolute atomic E-state index is 0.